The molecule has 26 heavy (non-hydrogen) atoms. The number of aromatic amines is 1. The molecule has 0 unspecified atom stereocenters. The van der Waals surface area contributed by atoms with Crippen molar-refractivity contribution in [2.24, 2.45) is 0 Å². The Balaban J connectivity index is 1.72. The maximum atomic E-state index is 12.4. The second kappa shape index (κ2) is 6.83. The van der Waals surface area contributed by atoms with Crippen LogP contribution in [-0.2, 0) is 14.9 Å². The average molecular weight is 353 g/mol. The van der Waals surface area contributed by atoms with Crippen LogP contribution in [0.4, 0.5) is 0 Å². The van der Waals surface area contributed by atoms with Gasteiger partial charge < -0.3 is 14.1 Å². The lowest BCUT2D eigenvalue weighted by Gasteiger charge is -2.28. The predicted molar refractivity (Wildman–Crippen MR) is 99.2 cm³/mol. The topological polar surface area (TPSA) is 72.3 Å². The number of fused-ring (bicyclic) bond motifs is 1. The van der Waals surface area contributed by atoms with Gasteiger partial charge in [0.25, 0.3) is 0 Å². The number of nitrogens with one attached hydrogen (secondary N) is 1. The van der Waals surface area contributed by atoms with Crippen LogP contribution < -0.4 is 0 Å². The quantitative estimate of drug-likeness (QED) is 0.521. The summed E-state index contributed by atoms with van der Waals surface area (Å²) in [6.45, 7) is 8.22. The van der Waals surface area contributed by atoms with E-state index in [1.165, 1.54) is 17.9 Å². The monoisotopic (exact) mass is 353 g/mol. The van der Waals surface area contributed by atoms with Crippen LogP contribution >= 0.6 is 0 Å². The summed E-state index contributed by atoms with van der Waals surface area (Å²) in [4.78, 5) is 27.5. The van der Waals surface area contributed by atoms with Crippen molar-refractivity contribution in [3.05, 3.63) is 59.5 Å². The molecule has 0 saturated heterocycles. The molecule has 0 aliphatic rings. The summed E-state index contributed by atoms with van der Waals surface area (Å²) >= 11 is 0. The van der Waals surface area contributed by atoms with Crippen LogP contribution in [0.25, 0.3) is 11.1 Å². The first kappa shape index (κ1) is 18.0. The molecule has 136 valence electrons. The van der Waals surface area contributed by atoms with Crippen molar-refractivity contribution in [1.29, 1.82) is 0 Å². The van der Waals surface area contributed by atoms with Crippen LogP contribution in [0.5, 0.6) is 0 Å². The SMILES string of the molecule is CC(C)c1ccccc1C(C)(C)CC(=O)OC(=O)c1cc2occc2[nH]1. The highest BCUT2D eigenvalue weighted by Crippen LogP contribution is 2.33. The zero-order chi connectivity index (χ0) is 18.9. The van der Waals surface area contributed by atoms with Crippen molar-refractivity contribution in [3.63, 3.8) is 0 Å². The summed E-state index contributed by atoms with van der Waals surface area (Å²) in [7, 11) is 0. The van der Waals surface area contributed by atoms with E-state index in [0.717, 1.165) is 5.56 Å². The fraction of sp³-hybridized carbons (Fsp3) is 0.333. The Morgan fingerprint density at radius 2 is 1.92 bits per heavy atom. The highest BCUT2D eigenvalue weighted by molar-refractivity contribution is 5.98. The average Bonchev–Trinajstić information content (AvgIpc) is 3.15. The van der Waals surface area contributed by atoms with Gasteiger partial charge in [0.05, 0.1) is 18.2 Å². The normalized spacial score (nSPS) is 11.9. The Bertz CT molecular complexity index is 917. The van der Waals surface area contributed by atoms with Gasteiger partial charge in [-0.3, -0.25) is 4.79 Å². The lowest BCUT2D eigenvalue weighted by atomic mass is 9.77. The van der Waals surface area contributed by atoms with E-state index in [1.807, 2.05) is 32.0 Å². The number of ether oxygens (including phenoxy) is 1. The second-order valence-electron chi connectivity index (χ2n) is 7.45. The summed E-state index contributed by atoms with van der Waals surface area (Å²) in [5, 5.41) is 0. The summed E-state index contributed by atoms with van der Waals surface area (Å²) in [5.41, 5.74) is 3.29. The van der Waals surface area contributed by atoms with Gasteiger partial charge in [-0.15, -0.1) is 0 Å². The molecule has 0 atom stereocenters. The molecule has 0 radical (unpaired) electrons. The van der Waals surface area contributed by atoms with Crippen LogP contribution in [0.2, 0.25) is 0 Å². The smallest absolute Gasteiger partial charge is 0.362 e. The number of esters is 2. The number of aromatic nitrogens is 1. The van der Waals surface area contributed by atoms with Gasteiger partial charge in [-0.1, -0.05) is 52.0 Å². The van der Waals surface area contributed by atoms with Crippen molar-refractivity contribution >= 4 is 23.0 Å². The van der Waals surface area contributed by atoms with Gasteiger partial charge in [0.1, 0.15) is 5.69 Å². The number of hydrogen-bond donors (Lipinski definition) is 1. The van der Waals surface area contributed by atoms with Crippen LogP contribution in [0, 0.1) is 0 Å². The fourth-order valence-electron chi connectivity index (χ4n) is 3.23. The van der Waals surface area contributed by atoms with Crippen LogP contribution in [0.15, 0.2) is 47.1 Å². The first-order chi connectivity index (χ1) is 12.3. The van der Waals surface area contributed by atoms with E-state index in [9.17, 15) is 9.59 Å². The summed E-state index contributed by atoms with van der Waals surface area (Å²) in [5.74, 6) is -0.906. The number of rotatable bonds is 5. The Labute approximate surface area is 152 Å². The lowest BCUT2D eigenvalue weighted by Crippen LogP contribution is -2.26. The highest BCUT2D eigenvalue weighted by atomic mass is 16.6. The maximum Gasteiger partial charge on any atom is 0.362 e. The third-order valence-electron chi connectivity index (χ3n) is 4.56. The van der Waals surface area contributed by atoms with E-state index in [2.05, 4.69) is 24.9 Å². The van der Waals surface area contributed by atoms with Crippen molar-refractivity contribution in [3.8, 4) is 0 Å². The predicted octanol–water partition coefficient (Wildman–Crippen LogP) is 4.94. The standard InChI is InChI=1S/C21H23NO4/c1-13(2)14-7-5-6-8-15(14)21(3,4)12-19(23)26-20(24)17-11-18-16(22-17)9-10-25-18/h5-11,13,22H,12H2,1-4H3. The van der Waals surface area contributed by atoms with Gasteiger partial charge in [0, 0.05) is 17.5 Å². The molecule has 2 heterocycles. The number of carbonyl (C=O) groups is 2. The minimum Gasteiger partial charge on any atom is -0.463 e. The summed E-state index contributed by atoms with van der Waals surface area (Å²) in [6, 6.07) is 11.3. The Morgan fingerprint density at radius 3 is 2.62 bits per heavy atom. The second-order valence-corrected chi connectivity index (χ2v) is 7.45. The molecule has 0 bridgehead atoms. The van der Waals surface area contributed by atoms with Crippen molar-refractivity contribution in [2.45, 2.75) is 45.4 Å². The largest absolute Gasteiger partial charge is 0.463 e. The first-order valence-electron chi connectivity index (χ1n) is 8.68. The van der Waals surface area contributed by atoms with E-state index in [1.54, 1.807) is 6.07 Å². The van der Waals surface area contributed by atoms with Crippen molar-refractivity contribution < 1.29 is 18.7 Å². The number of furan rings is 1. The molecular formula is C21H23NO4. The van der Waals surface area contributed by atoms with Gasteiger partial charge >= 0.3 is 11.9 Å². The lowest BCUT2D eigenvalue weighted by molar-refractivity contribution is -0.139. The molecule has 3 aromatic rings. The molecule has 0 amide bonds. The Hall–Kier alpha value is -2.82. The van der Waals surface area contributed by atoms with Gasteiger partial charge in [-0.05, 0) is 17.0 Å². The molecule has 0 spiro atoms. The van der Waals surface area contributed by atoms with Crippen LogP contribution in [0.3, 0.4) is 0 Å². The fourth-order valence-corrected chi connectivity index (χ4v) is 3.23. The van der Waals surface area contributed by atoms with E-state index in [-0.39, 0.29) is 12.1 Å². The molecule has 2 aromatic heterocycles. The van der Waals surface area contributed by atoms with Gasteiger partial charge in [0.2, 0.25) is 0 Å². The van der Waals surface area contributed by atoms with Gasteiger partial charge in [0.15, 0.2) is 5.58 Å². The van der Waals surface area contributed by atoms with Crippen molar-refractivity contribution in [2.75, 3.05) is 0 Å². The molecule has 0 fully saturated rings. The van der Waals surface area contributed by atoms with Gasteiger partial charge in [-0.25, -0.2) is 4.79 Å². The molecule has 0 saturated carbocycles. The highest BCUT2D eigenvalue weighted by Gasteiger charge is 2.29. The van der Waals surface area contributed by atoms with Crippen LogP contribution in [0.1, 0.15) is 61.6 Å². The molecule has 5 heteroatoms. The minimum absolute atomic E-state index is 0.110. The number of benzene rings is 1. The zero-order valence-electron chi connectivity index (χ0n) is 15.5. The maximum absolute atomic E-state index is 12.4. The Kier molecular flexibility index (Phi) is 4.72. The first-order valence-corrected chi connectivity index (χ1v) is 8.68. The molecular weight excluding hydrogens is 330 g/mol. The Morgan fingerprint density at radius 1 is 1.19 bits per heavy atom. The molecule has 0 aliphatic carbocycles. The van der Waals surface area contributed by atoms with E-state index >= 15 is 0 Å². The van der Waals surface area contributed by atoms with E-state index < -0.39 is 17.4 Å². The zero-order valence-corrected chi connectivity index (χ0v) is 15.5. The van der Waals surface area contributed by atoms with E-state index in [0.29, 0.717) is 17.0 Å². The molecule has 3 rings (SSSR count). The van der Waals surface area contributed by atoms with Gasteiger partial charge in [-0.2, -0.15) is 0 Å². The third kappa shape index (κ3) is 3.57. The number of hydrogen-bond acceptors (Lipinski definition) is 4. The van der Waals surface area contributed by atoms with Crippen LogP contribution in [-0.4, -0.2) is 16.9 Å². The molecule has 1 aromatic carbocycles. The number of H-pyrrole nitrogens is 1. The molecule has 0 aliphatic heterocycles. The molecule has 5 nitrogen and oxygen atoms in total. The third-order valence-corrected chi connectivity index (χ3v) is 4.56. The van der Waals surface area contributed by atoms with Crippen molar-refractivity contribution in [1.82, 2.24) is 4.98 Å². The van der Waals surface area contributed by atoms with E-state index in [4.69, 9.17) is 9.15 Å². The summed E-state index contributed by atoms with van der Waals surface area (Å²) in [6.07, 6.45) is 1.63. The number of carbonyl (C=O) groups excluding carboxylic acids is 2. The summed E-state index contributed by atoms with van der Waals surface area (Å²) < 4.78 is 10.2. The molecule has 1 N–H and O–H groups in total. The minimum atomic E-state index is -0.700.